The molecular formula is C15H22Cl2N2O. The Bertz CT molecular complexity index is 467. The first-order valence-corrected chi connectivity index (χ1v) is 7.86. The molecule has 1 aliphatic heterocycles. The van der Waals surface area contributed by atoms with Crippen molar-refractivity contribution in [3.63, 3.8) is 0 Å². The van der Waals surface area contributed by atoms with Gasteiger partial charge in [-0.25, -0.2) is 0 Å². The highest BCUT2D eigenvalue weighted by atomic mass is 35.5. The van der Waals surface area contributed by atoms with E-state index in [0.717, 1.165) is 18.7 Å². The van der Waals surface area contributed by atoms with Gasteiger partial charge in [0.15, 0.2) is 0 Å². The number of benzene rings is 1. The normalized spacial score (nSPS) is 19.9. The van der Waals surface area contributed by atoms with E-state index in [9.17, 15) is 5.11 Å². The fourth-order valence-corrected chi connectivity index (χ4v) is 3.51. The number of hydrogen-bond donors (Lipinski definition) is 1. The number of rotatable bonds is 5. The summed E-state index contributed by atoms with van der Waals surface area (Å²) in [5, 5.41) is 10.9. The lowest BCUT2D eigenvalue weighted by Gasteiger charge is -2.28. The van der Waals surface area contributed by atoms with Crippen LogP contribution < -0.4 is 0 Å². The van der Waals surface area contributed by atoms with Crippen LogP contribution in [0.5, 0.6) is 5.75 Å². The first-order valence-electron chi connectivity index (χ1n) is 7.10. The van der Waals surface area contributed by atoms with Crippen LogP contribution in [0.1, 0.15) is 25.3 Å². The Hall–Kier alpha value is -0.480. The van der Waals surface area contributed by atoms with E-state index in [1.165, 1.54) is 19.4 Å². The zero-order chi connectivity index (χ0) is 14.7. The molecule has 1 N–H and O–H groups in total. The number of phenolic OH excluding ortho intramolecular Hbond substituents is 1. The minimum absolute atomic E-state index is 0.140. The molecule has 1 fully saturated rings. The first-order chi connectivity index (χ1) is 9.51. The quantitative estimate of drug-likeness (QED) is 0.898. The lowest BCUT2D eigenvalue weighted by atomic mass is 10.1. The van der Waals surface area contributed by atoms with Crippen LogP contribution in [-0.4, -0.2) is 47.6 Å². The number of nitrogens with zero attached hydrogens (tertiary/aromatic N) is 2. The van der Waals surface area contributed by atoms with Gasteiger partial charge in [0.2, 0.25) is 0 Å². The number of likely N-dealkylation sites (N-methyl/N-ethyl adjacent to an activating group) is 2. The molecule has 0 aliphatic carbocycles. The lowest BCUT2D eigenvalue weighted by Crippen LogP contribution is -2.38. The van der Waals surface area contributed by atoms with Crippen LogP contribution in [0.4, 0.5) is 0 Å². The molecule has 1 heterocycles. The van der Waals surface area contributed by atoms with Crippen LogP contribution in [0.3, 0.4) is 0 Å². The highest BCUT2D eigenvalue weighted by Crippen LogP contribution is 2.32. The van der Waals surface area contributed by atoms with Gasteiger partial charge in [-0.3, -0.25) is 4.90 Å². The molecule has 1 saturated heterocycles. The summed E-state index contributed by atoms with van der Waals surface area (Å²) >= 11 is 12.0. The van der Waals surface area contributed by atoms with E-state index in [1.807, 2.05) is 0 Å². The number of halogens is 2. The van der Waals surface area contributed by atoms with Gasteiger partial charge in [0, 0.05) is 29.7 Å². The van der Waals surface area contributed by atoms with Crippen LogP contribution in [0, 0.1) is 0 Å². The third kappa shape index (κ3) is 3.79. The summed E-state index contributed by atoms with van der Waals surface area (Å²) in [4.78, 5) is 4.74. The van der Waals surface area contributed by atoms with Crippen molar-refractivity contribution >= 4 is 23.2 Å². The minimum atomic E-state index is 0.140. The van der Waals surface area contributed by atoms with Crippen molar-refractivity contribution in [1.29, 1.82) is 0 Å². The molecule has 112 valence electrons. The zero-order valence-corrected chi connectivity index (χ0v) is 13.6. The molecule has 3 nitrogen and oxygen atoms in total. The number of hydrogen-bond acceptors (Lipinski definition) is 3. The van der Waals surface area contributed by atoms with Crippen LogP contribution in [0.2, 0.25) is 10.0 Å². The standard InChI is InChI=1S/C15H22Cl2N2O/c1-3-19-6-4-5-13(19)10-18(2)9-11-7-12(16)8-14(17)15(11)20/h7-8,13,20H,3-6,9-10H2,1-2H3. The van der Waals surface area contributed by atoms with Gasteiger partial charge in [-0.2, -0.15) is 0 Å². The van der Waals surface area contributed by atoms with Gasteiger partial charge in [0.25, 0.3) is 0 Å². The second kappa shape index (κ2) is 6.99. The summed E-state index contributed by atoms with van der Waals surface area (Å²) in [6, 6.07) is 3.96. The third-order valence-electron chi connectivity index (χ3n) is 3.98. The van der Waals surface area contributed by atoms with Gasteiger partial charge in [-0.1, -0.05) is 30.1 Å². The van der Waals surface area contributed by atoms with E-state index in [0.29, 0.717) is 22.6 Å². The van der Waals surface area contributed by atoms with Crippen molar-refractivity contribution in [1.82, 2.24) is 9.80 Å². The maximum atomic E-state index is 10.0. The SMILES string of the molecule is CCN1CCCC1CN(C)Cc1cc(Cl)cc(Cl)c1O. The summed E-state index contributed by atoms with van der Waals surface area (Å²) in [7, 11) is 2.07. The number of aromatic hydroxyl groups is 1. The van der Waals surface area contributed by atoms with Crippen molar-refractivity contribution < 1.29 is 5.11 Å². The van der Waals surface area contributed by atoms with Crippen molar-refractivity contribution in [3.8, 4) is 5.75 Å². The Morgan fingerprint density at radius 3 is 2.85 bits per heavy atom. The number of likely N-dealkylation sites (tertiary alicyclic amines) is 1. The van der Waals surface area contributed by atoms with Crippen LogP contribution in [0.15, 0.2) is 12.1 Å². The fraction of sp³-hybridized carbons (Fsp3) is 0.600. The second-order valence-corrected chi connectivity index (χ2v) is 6.36. The fourth-order valence-electron chi connectivity index (χ4n) is 2.97. The second-order valence-electron chi connectivity index (χ2n) is 5.52. The summed E-state index contributed by atoms with van der Waals surface area (Å²) < 4.78 is 0. The van der Waals surface area contributed by atoms with Gasteiger partial charge in [0.1, 0.15) is 5.75 Å². The van der Waals surface area contributed by atoms with E-state index in [2.05, 4.69) is 23.8 Å². The molecule has 0 radical (unpaired) electrons. The maximum Gasteiger partial charge on any atom is 0.138 e. The summed E-state index contributed by atoms with van der Waals surface area (Å²) in [5.41, 5.74) is 0.783. The Morgan fingerprint density at radius 1 is 1.40 bits per heavy atom. The van der Waals surface area contributed by atoms with E-state index in [4.69, 9.17) is 23.2 Å². The van der Waals surface area contributed by atoms with Crippen LogP contribution in [0.25, 0.3) is 0 Å². The van der Waals surface area contributed by atoms with Crippen LogP contribution >= 0.6 is 23.2 Å². The Labute approximate surface area is 131 Å². The van der Waals surface area contributed by atoms with E-state index < -0.39 is 0 Å². The van der Waals surface area contributed by atoms with E-state index in [1.54, 1.807) is 12.1 Å². The molecule has 1 unspecified atom stereocenters. The summed E-state index contributed by atoms with van der Waals surface area (Å²) in [5.74, 6) is 0.140. The van der Waals surface area contributed by atoms with Crippen molar-refractivity contribution in [2.45, 2.75) is 32.4 Å². The molecule has 20 heavy (non-hydrogen) atoms. The van der Waals surface area contributed by atoms with Crippen molar-refractivity contribution in [2.24, 2.45) is 0 Å². The monoisotopic (exact) mass is 316 g/mol. The lowest BCUT2D eigenvalue weighted by molar-refractivity contribution is 0.194. The molecule has 1 aliphatic rings. The molecule has 0 amide bonds. The highest BCUT2D eigenvalue weighted by molar-refractivity contribution is 6.35. The first kappa shape index (κ1) is 15.9. The predicted molar refractivity (Wildman–Crippen MR) is 84.7 cm³/mol. The highest BCUT2D eigenvalue weighted by Gasteiger charge is 2.24. The van der Waals surface area contributed by atoms with Gasteiger partial charge in [-0.15, -0.1) is 0 Å². The molecule has 1 atom stereocenters. The molecule has 1 aromatic carbocycles. The molecular weight excluding hydrogens is 295 g/mol. The minimum Gasteiger partial charge on any atom is -0.506 e. The molecule has 5 heteroatoms. The molecule has 0 spiro atoms. The molecule has 1 aromatic rings. The van der Waals surface area contributed by atoms with Gasteiger partial charge >= 0.3 is 0 Å². The average molecular weight is 317 g/mol. The van der Waals surface area contributed by atoms with Gasteiger partial charge < -0.3 is 10.0 Å². The summed E-state index contributed by atoms with van der Waals surface area (Å²) in [6.45, 7) is 6.16. The molecule has 0 bridgehead atoms. The van der Waals surface area contributed by atoms with Crippen molar-refractivity contribution in [3.05, 3.63) is 27.7 Å². The Morgan fingerprint density at radius 2 is 2.15 bits per heavy atom. The Kier molecular flexibility index (Phi) is 5.56. The largest absolute Gasteiger partial charge is 0.506 e. The van der Waals surface area contributed by atoms with Gasteiger partial charge in [-0.05, 0) is 45.1 Å². The average Bonchev–Trinajstić information content (AvgIpc) is 2.82. The maximum absolute atomic E-state index is 10.0. The van der Waals surface area contributed by atoms with Crippen LogP contribution in [-0.2, 0) is 6.54 Å². The Balaban J connectivity index is 1.99. The van der Waals surface area contributed by atoms with E-state index in [-0.39, 0.29) is 5.75 Å². The smallest absolute Gasteiger partial charge is 0.138 e. The van der Waals surface area contributed by atoms with Gasteiger partial charge in [0.05, 0.1) is 5.02 Å². The molecule has 0 aromatic heterocycles. The molecule has 0 saturated carbocycles. The predicted octanol–water partition coefficient (Wildman–Crippen LogP) is 3.62. The molecule has 2 rings (SSSR count). The zero-order valence-electron chi connectivity index (χ0n) is 12.1. The van der Waals surface area contributed by atoms with Crippen molar-refractivity contribution in [2.75, 3.05) is 26.7 Å². The summed E-state index contributed by atoms with van der Waals surface area (Å²) in [6.07, 6.45) is 2.53. The number of phenols is 1. The topological polar surface area (TPSA) is 26.7 Å². The third-order valence-corrected chi connectivity index (χ3v) is 4.48. The van der Waals surface area contributed by atoms with E-state index >= 15 is 0 Å².